The summed E-state index contributed by atoms with van der Waals surface area (Å²) in [4.78, 5) is 37.1. The number of unbranched alkanes of at least 4 members (excludes halogenated alkanes) is 27. The maximum Gasteiger partial charge on any atom is 0.306 e. The molecule has 0 aliphatic heterocycles. The fraction of sp³-hybridized carbons (Fsp3) is 0.807. The van der Waals surface area contributed by atoms with Gasteiger partial charge in [0.15, 0.2) is 6.10 Å². The fourth-order valence-electron chi connectivity index (χ4n) is 8.02. The SMILES string of the molecule is CC/C=C/C/C=C/C/C=C/CCCCCCCCCCCC(=O)OCC(COCCC(C(=O)[O-])[N+](C)(C)C)OC(=O)CCCCCCCCC/C=C/CCCCCCCCCCCCC. The highest BCUT2D eigenvalue weighted by Crippen LogP contribution is 2.16. The van der Waals surface area contributed by atoms with Gasteiger partial charge in [0, 0.05) is 19.3 Å². The van der Waals surface area contributed by atoms with E-state index in [-0.39, 0.29) is 42.7 Å². The van der Waals surface area contributed by atoms with E-state index in [1.165, 1.54) is 148 Å². The van der Waals surface area contributed by atoms with Gasteiger partial charge in [-0.15, -0.1) is 0 Å². The molecule has 0 saturated heterocycles. The molecule has 0 heterocycles. The summed E-state index contributed by atoms with van der Waals surface area (Å²) in [5.74, 6) is -1.74. The molecule has 0 bridgehead atoms. The normalized spacial score (nSPS) is 13.2. The van der Waals surface area contributed by atoms with E-state index >= 15 is 0 Å². The predicted molar refractivity (Wildman–Crippen MR) is 273 cm³/mol. The minimum absolute atomic E-state index is 0.0379. The summed E-state index contributed by atoms with van der Waals surface area (Å²) >= 11 is 0. The van der Waals surface area contributed by atoms with Crippen molar-refractivity contribution < 1.29 is 38.2 Å². The number of quaternary nitrogens is 1. The molecule has 0 spiro atoms. The van der Waals surface area contributed by atoms with Gasteiger partial charge in [0.2, 0.25) is 0 Å². The number of ether oxygens (including phenoxy) is 3. The third-order valence-corrected chi connectivity index (χ3v) is 12.2. The number of nitrogens with zero attached hydrogens (tertiary/aromatic N) is 1. The molecule has 0 aliphatic rings. The third kappa shape index (κ3) is 46.2. The molecule has 0 fully saturated rings. The number of hydrogen-bond acceptors (Lipinski definition) is 7. The Labute approximate surface area is 401 Å². The first-order valence-corrected chi connectivity index (χ1v) is 27.2. The second-order valence-corrected chi connectivity index (χ2v) is 19.4. The Balaban J connectivity index is 4.21. The highest BCUT2D eigenvalue weighted by atomic mass is 16.6. The van der Waals surface area contributed by atoms with Gasteiger partial charge in [0.05, 0.1) is 40.3 Å². The minimum atomic E-state index is -1.12. The van der Waals surface area contributed by atoms with Crippen LogP contribution in [0.5, 0.6) is 0 Å². The number of aliphatic carboxylic acids is 1. The van der Waals surface area contributed by atoms with Crippen molar-refractivity contribution in [2.45, 2.75) is 257 Å². The van der Waals surface area contributed by atoms with Crippen LogP contribution in [0.2, 0.25) is 0 Å². The third-order valence-electron chi connectivity index (χ3n) is 12.2. The molecule has 0 saturated carbocycles. The number of carbonyl (C=O) groups is 3. The first-order valence-electron chi connectivity index (χ1n) is 27.2. The Morgan fingerprint density at radius 2 is 0.862 bits per heavy atom. The zero-order valence-corrected chi connectivity index (χ0v) is 43.2. The van der Waals surface area contributed by atoms with Gasteiger partial charge in [-0.1, -0.05) is 204 Å². The average Bonchev–Trinajstić information content (AvgIpc) is 3.27. The van der Waals surface area contributed by atoms with E-state index < -0.39 is 18.1 Å². The molecule has 8 nitrogen and oxygen atoms in total. The second-order valence-electron chi connectivity index (χ2n) is 19.4. The monoisotopic (exact) mass is 914 g/mol. The lowest BCUT2D eigenvalue weighted by Crippen LogP contribution is -2.55. The van der Waals surface area contributed by atoms with Crippen LogP contribution in [0.15, 0.2) is 48.6 Å². The van der Waals surface area contributed by atoms with Crippen LogP contribution in [0, 0.1) is 0 Å². The van der Waals surface area contributed by atoms with Crippen molar-refractivity contribution in [1.29, 1.82) is 0 Å². The number of likely N-dealkylation sites (N-methyl/N-ethyl adjacent to an activating group) is 1. The number of carboxylic acid groups (broad SMARTS) is 1. The van der Waals surface area contributed by atoms with Gasteiger partial charge in [0.25, 0.3) is 0 Å². The lowest BCUT2D eigenvalue weighted by Gasteiger charge is -2.34. The first kappa shape index (κ1) is 62.3. The van der Waals surface area contributed by atoms with Crippen molar-refractivity contribution in [3.05, 3.63) is 48.6 Å². The number of carbonyl (C=O) groups excluding carboxylic acids is 3. The van der Waals surface area contributed by atoms with E-state index in [4.69, 9.17) is 14.2 Å². The highest BCUT2D eigenvalue weighted by molar-refractivity contribution is 5.70. The van der Waals surface area contributed by atoms with Crippen LogP contribution in [-0.2, 0) is 28.6 Å². The quantitative estimate of drug-likeness (QED) is 0.0259. The van der Waals surface area contributed by atoms with Gasteiger partial charge in [-0.05, 0) is 70.6 Å². The van der Waals surface area contributed by atoms with Gasteiger partial charge in [-0.3, -0.25) is 9.59 Å². The summed E-state index contributed by atoms with van der Waals surface area (Å²) in [6.45, 7) is 4.58. The predicted octanol–water partition coefficient (Wildman–Crippen LogP) is 14.6. The summed E-state index contributed by atoms with van der Waals surface area (Å²) in [5.41, 5.74) is 0. The number of allylic oxidation sites excluding steroid dienone is 8. The summed E-state index contributed by atoms with van der Waals surface area (Å²) in [6, 6.07) is -0.728. The van der Waals surface area contributed by atoms with Crippen molar-refractivity contribution in [3.63, 3.8) is 0 Å². The molecule has 8 heteroatoms. The zero-order valence-electron chi connectivity index (χ0n) is 43.2. The van der Waals surface area contributed by atoms with Crippen molar-refractivity contribution in [2.24, 2.45) is 0 Å². The maximum absolute atomic E-state index is 12.8. The fourth-order valence-corrected chi connectivity index (χ4v) is 8.02. The van der Waals surface area contributed by atoms with Crippen LogP contribution in [0.25, 0.3) is 0 Å². The van der Waals surface area contributed by atoms with Gasteiger partial charge >= 0.3 is 11.9 Å². The summed E-state index contributed by atoms with van der Waals surface area (Å²) < 4.78 is 17.3. The average molecular weight is 914 g/mol. The largest absolute Gasteiger partial charge is 0.544 e. The summed E-state index contributed by atoms with van der Waals surface area (Å²) in [5, 5.41) is 11.7. The smallest absolute Gasteiger partial charge is 0.306 e. The van der Waals surface area contributed by atoms with E-state index in [1.807, 2.05) is 0 Å². The van der Waals surface area contributed by atoms with Crippen molar-refractivity contribution >= 4 is 17.9 Å². The highest BCUT2D eigenvalue weighted by Gasteiger charge is 2.25. The topological polar surface area (TPSA) is 102 Å². The standard InChI is InChI=1S/C57H103NO7/c1-6-8-10-12-14-16-18-20-22-24-26-27-28-30-32-34-36-38-40-42-44-46-48-56(60)65-53(51-63-50-49-54(57(61)62)58(3,4)5)52-64-55(59)47-45-43-41-39-37-35-33-31-29-25-23-21-19-17-15-13-11-9-7-2/h9,11,15,17,21,23,28,30,53-54H,6-8,10,12-14,16,18-20,22,24-27,29,31-52H2,1-5H3/b11-9+,17-15+,23-21+,30-28+. The molecule has 0 aromatic carbocycles. The molecule has 2 unspecified atom stereocenters. The van der Waals surface area contributed by atoms with Crippen molar-refractivity contribution in [2.75, 3.05) is 41.0 Å². The number of esters is 2. The molecular formula is C57H103NO7. The molecule has 2 atom stereocenters. The molecule has 0 rings (SSSR count). The van der Waals surface area contributed by atoms with Gasteiger partial charge < -0.3 is 28.6 Å². The number of hydrogen-bond donors (Lipinski definition) is 0. The first-order chi connectivity index (χ1) is 31.6. The molecule has 378 valence electrons. The van der Waals surface area contributed by atoms with Crippen LogP contribution in [0.4, 0.5) is 0 Å². The van der Waals surface area contributed by atoms with Gasteiger partial charge in [-0.2, -0.15) is 0 Å². The Morgan fingerprint density at radius 3 is 1.29 bits per heavy atom. The second kappa shape index (κ2) is 47.8. The van der Waals surface area contributed by atoms with Crippen LogP contribution in [-0.4, -0.2) is 75.5 Å². The molecule has 0 N–H and O–H groups in total. The minimum Gasteiger partial charge on any atom is -0.544 e. The Hall–Kier alpha value is -2.71. The molecule has 0 aliphatic carbocycles. The van der Waals surface area contributed by atoms with Gasteiger partial charge in [0.1, 0.15) is 12.6 Å². The summed E-state index contributed by atoms with van der Waals surface area (Å²) in [7, 11) is 5.42. The van der Waals surface area contributed by atoms with Crippen LogP contribution in [0.1, 0.15) is 245 Å². The Kier molecular flexibility index (Phi) is 45.8. The Bertz CT molecular complexity index is 1200. The van der Waals surface area contributed by atoms with Crippen molar-refractivity contribution in [3.8, 4) is 0 Å². The molecule has 0 radical (unpaired) electrons. The molecule has 0 amide bonds. The van der Waals surface area contributed by atoms with Gasteiger partial charge in [-0.25, -0.2) is 0 Å². The van der Waals surface area contributed by atoms with E-state index in [9.17, 15) is 19.5 Å². The van der Waals surface area contributed by atoms with Crippen molar-refractivity contribution in [1.82, 2.24) is 0 Å². The lowest BCUT2D eigenvalue weighted by molar-refractivity contribution is -0.889. The number of carboxylic acids is 1. The van der Waals surface area contributed by atoms with Crippen LogP contribution in [0.3, 0.4) is 0 Å². The van der Waals surface area contributed by atoms with Crippen LogP contribution >= 0.6 is 0 Å². The van der Waals surface area contributed by atoms with E-state index in [2.05, 4.69) is 62.5 Å². The molecule has 65 heavy (non-hydrogen) atoms. The van der Waals surface area contributed by atoms with E-state index in [1.54, 1.807) is 21.1 Å². The van der Waals surface area contributed by atoms with E-state index in [0.717, 1.165) is 64.2 Å². The number of rotatable bonds is 49. The van der Waals surface area contributed by atoms with E-state index in [0.29, 0.717) is 12.8 Å². The summed E-state index contributed by atoms with van der Waals surface area (Å²) in [6.07, 6.45) is 58.6. The van der Waals surface area contributed by atoms with Crippen LogP contribution < -0.4 is 5.11 Å². The maximum atomic E-state index is 12.8. The lowest BCUT2D eigenvalue weighted by atomic mass is 10.0. The zero-order chi connectivity index (χ0) is 47.7. The molecular weight excluding hydrogens is 811 g/mol. The molecule has 0 aromatic heterocycles. The molecule has 0 aromatic rings. The Morgan fingerprint density at radius 1 is 0.477 bits per heavy atom.